The fraction of sp³-hybridized carbons (Fsp3) is 0.333. The highest BCUT2D eigenvalue weighted by Gasteiger charge is 2.25. The number of aromatic carboxylic acids is 1. The number of aromatic nitrogens is 2. The van der Waals surface area contributed by atoms with E-state index in [0.29, 0.717) is 24.0 Å². The molecule has 1 saturated carbocycles. The smallest absolute Gasteiger partial charge is 0.336 e. The van der Waals surface area contributed by atoms with E-state index < -0.39 is 5.97 Å². The molecule has 0 unspecified atom stereocenters. The van der Waals surface area contributed by atoms with Gasteiger partial charge in [-0.2, -0.15) is 0 Å². The quantitative estimate of drug-likeness (QED) is 0.909. The monoisotopic (exact) mass is 272 g/mol. The normalized spacial score (nSPS) is 14.2. The van der Waals surface area contributed by atoms with Gasteiger partial charge >= 0.3 is 5.97 Å². The molecule has 0 atom stereocenters. The van der Waals surface area contributed by atoms with E-state index in [0.717, 1.165) is 5.69 Å². The molecule has 1 aromatic carbocycles. The van der Waals surface area contributed by atoms with Crippen molar-refractivity contribution in [2.24, 2.45) is 0 Å². The van der Waals surface area contributed by atoms with Crippen LogP contribution in [0.25, 0.3) is 0 Å². The van der Waals surface area contributed by atoms with E-state index in [1.807, 2.05) is 6.33 Å². The van der Waals surface area contributed by atoms with Crippen LogP contribution in [0.5, 0.6) is 5.75 Å². The average Bonchev–Trinajstić information content (AvgIpc) is 3.16. The molecule has 5 heteroatoms. The lowest BCUT2D eigenvalue weighted by atomic mass is 10.1. The number of rotatable bonds is 5. The summed E-state index contributed by atoms with van der Waals surface area (Å²) in [6.45, 7) is 2.16. The predicted molar refractivity (Wildman–Crippen MR) is 73.0 cm³/mol. The van der Waals surface area contributed by atoms with E-state index in [2.05, 4.69) is 9.55 Å². The van der Waals surface area contributed by atoms with E-state index in [-0.39, 0.29) is 5.56 Å². The molecular weight excluding hydrogens is 256 g/mol. The van der Waals surface area contributed by atoms with Gasteiger partial charge in [0.05, 0.1) is 23.8 Å². The number of carboxylic acid groups (broad SMARTS) is 1. The van der Waals surface area contributed by atoms with Gasteiger partial charge in [-0.05, 0) is 31.9 Å². The topological polar surface area (TPSA) is 64.4 Å². The number of hydrogen-bond acceptors (Lipinski definition) is 3. The highest BCUT2D eigenvalue weighted by Crippen LogP contribution is 2.35. The third kappa shape index (κ3) is 2.39. The summed E-state index contributed by atoms with van der Waals surface area (Å²) in [5, 5.41) is 9.10. The Morgan fingerprint density at radius 1 is 1.50 bits per heavy atom. The Kier molecular flexibility index (Phi) is 3.18. The van der Waals surface area contributed by atoms with Crippen molar-refractivity contribution in [1.82, 2.24) is 9.55 Å². The number of hydrogen-bond donors (Lipinski definition) is 1. The Hall–Kier alpha value is -2.30. The molecule has 0 radical (unpaired) electrons. The Bertz CT molecular complexity index is 644. The Morgan fingerprint density at radius 3 is 3.00 bits per heavy atom. The van der Waals surface area contributed by atoms with Gasteiger partial charge in [-0.25, -0.2) is 9.78 Å². The van der Waals surface area contributed by atoms with Crippen LogP contribution in [0.1, 0.15) is 40.5 Å². The Labute approximate surface area is 116 Å². The van der Waals surface area contributed by atoms with Crippen LogP contribution in [0.15, 0.2) is 30.7 Å². The van der Waals surface area contributed by atoms with Crippen LogP contribution in [0.3, 0.4) is 0 Å². The second-order valence-corrected chi connectivity index (χ2v) is 5.05. The van der Waals surface area contributed by atoms with Gasteiger partial charge in [-0.1, -0.05) is 6.07 Å². The minimum Gasteiger partial charge on any atom is -0.487 e. The summed E-state index contributed by atoms with van der Waals surface area (Å²) in [6, 6.07) is 5.63. The summed E-state index contributed by atoms with van der Waals surface area (Å²) < 4.78 is 7.90. The average molecular weight is 272 g/mol. The molecule has 0 saturated heterocycles. The first kappa shape index (κ1) is 12.7. The van der Waals surface area contributed by atoms with Crippen molar-refractivity contribution in [2.75, 3.05) is 0 Å². The maximum atomic E-state index is 11.1. The Morgan fingerprint density at radius 2 is 2.30 bits per heavy atom. The number of benzene rings is 1. The second kappa shape index (κ2) is 5.00. The van der Waals surface area contributed by atoms with Gasteiger partial charge in [-0.15, -0.1) is 0 Å². The molecule has 2 aromatic rings. The number of imidazole rings is 1. The standard InChI is InChI=1S/C15H16N2O3/c1-10-13(15(18)19)3-2-4-14(10)20-8-12-7-16-9-17(12)11-5-6-11/h2-4,7,9,11H,5-6,8H2,1H3,(H,18,19). The molecule has 1 aromatic heterocycles. The van der Waals surface area contributed by atoms with Gasteiger partial charge in [0.2, 0.25) is 0 Å². The zero-order chi connectivity index (χ0) is 14.1. The molecule has 3 rings (SSSR count). The van der Waals surface area contributed by atoms with Crippen LogP contribution in [0, 0.1) is 6.92 Å². The molecule has 1 heterocycles. The van der Waals surface area contributed by atoms with Gasteiger partial charge in [0.1, 0.15) is 12.4 Å². The summed E-state index contributed by atoms with van der Waals surface area (Å²) in [6.07, 6.45) is 6.01. The van der Waals surface area contributed by atoms with E-state index in [4.69, 9.17) is 9.84 Å². The lowest BCUT2D eigenvalue weighted by Crippen LogP contribution is -2.06. The van der Waals surface area contributed by atoms with E-state index in [1.165, 1.54) is 12.8 Å². The lowest BCUT2D eigenvalue weighted by Gasteiger charge is -2.12. The summed E-state index contributed by atoms with van der Waals surface area (Å²) in [4.78, 5) is 15.2. The number of carboxylic acids is 1. The van der Waals surface area contributed by atoms with Crippen molar-refractivity contribution in [2.45, 2.75) is 32.4 Å². The van der Waals surface area contributed by atoms with Crippen LogP contribution in [0.2, 0.25) is 0 Å². The molecule has 0 amide bonds. The summed E-state index contributed by atoms with van der Waals surface area (Å²) >= 11 is 0. The number of ether oxygens (including phenoxy) is 1. The molecule has 0 aliphatic heterocycles. The third-order valence-corrected chi connectivity index (χ3v) is 3.58. The molecule has 5 nitrogen and oxygen atoms in total. The zero-order valence-electron chi connectivity index (χ0n) is 11.2. The predicted octanol–water partition coefficient (Wildman–Crippen LogP) is 2.80. The van der Waals surface area contributed by atoms with Gasteiger partial charge in [0.25, 0.3) is 0 Å². The second-order valence-electron chi connectivity index (χ2n) is 5.05. The van der Waals surface area contributed by atoms with Gasteiger partial charge in [0, 0.05) is 11.6 Å². The molecule has 20 heavy (non-hydrogen) atoms. The largest absolute Gasteiger partial charge is 0.487 e. The van der Waals surface area contributed by atoms with Crippen LogP contribution >= 0.6 is 0 Å². The van der Waals surface area contributed by atoms with Crippen molar-refractivity contribution in [3.05, 3.63) is 47.5 Å². The van der Waals surface area contributed by atoms with Crippen LogP contribution in [-0.2, 0) is 6.61 Å². The van der Waals surface area contributed by atoms with E-state index in [1.54, 1.807) is 31.3 Å². The fourth-order valence-electron chi connectivity index (χ4n) is 2.28. The van der Waals surface area contributed by atoms with Crippen molar-refractivity contribution >= 4 is 5.97 Å². The third-order valence-electron chi connectivity index (χ3n) is 3.58. The minimum atomic E-state index is -0.934. The molecule has 1 fully saturated rings. The molecule has 1 N–H and O–H groups in total. The first-order valence-corrected chi connectivity index (χ1v) is 6.63. The van der Waals surface area contributed by atoms with Gasteiger partial charge in [-0.3, -0.25) is 0 Å². The molecule has 0 bridgehead atoms. The summed E-state index contributed by atoms with van der Waals surface area (Å²) in [7, 11) is 0. The number of carbonyl (C=O) groups is 1. The molecule has 1 aliphatic rings. The lowest BCUT2D eigenvalue weighted by molar-refractivity contribution is 0.0695. The van der Waals surface area contributed by atoms with Crippen molar-refractivity contribution in [3.8, 4) is 5.75 Å². The van der Waals surface area contributed by atoms with Crippen LogP contribution < -0.4 is 4.74 Å². The summed E-state index contributed by atoms with van der Waals surface area (Å²) in [5.74, 6) is -0.329. The summed E-state index contributed by atoms with van der Waals surface area (Å²) in [5.41, 5.74) is 1.95. The SMILES string of the molecule is Cc1c(OCc2cncn2C2CC2)cccc1C(=O)O. The van der Waals surface area contributed by atoms with Crippen LogP contribution in [0.4, 0.5) is 0 Å². The van der Waals surface area contributed by atoms with E-state index >= 15 is 0 Å². The van der Waals surface area contributed by atoms with Crippen molar-refractivity contribution in [1.29, 1.82) is 0 Å². The van der Waals surface area contributed by atoms with Gasteiger partial charge in [0.15, 0.2) is 0 Å². The van der Waals surface area contributed by atoms with E-state index in [9.17, 15) is 4.79 Å². The molecule has 0 spiro atoms. The maximum absolute atomic E-state index is 11.1. The minimum absolute atomic E-state index is 0.276. The molecule has 104 valence electrons. The first-order chi connectivity index (χ1) is 9.66. The first-order valence-electron chi connectivity index (χ1n) is 6.63. The highest BCUT2D eigenvalue weighted by molar-refractivity contribution is 5.90. The van der Waals surface area contributed by atoms with Crippen LogP contribution in [-0.4, -0.2) is 20.6 Å². The van der Waals surface area contributed by atoms with Crippen molar-refractivity contribution in [3.63, 3.8) is 0 Å². The van der Waals surface area contributed by atoms with Gasteiger partial charge < -0.3 is 14.4 Å². The molecule has 1 aliphatic carbocycles. The molecular formula is C15H16N2O3. The fourth-order valence-corrected chi connectivity index (χ4v) is 2.28. The number of nitrogens with zero attached hydrogens (tertiary/aromatic N) is 2. The highest BCUT2D eigenvalue weighted by atomic mass is 16.5. The maximum Gasteiger partial charge on any atom is 0.336 e. The Balaban J connectivity index is 1.76. The van der Waals surface area contributed by atoms with Crippen molar-refractivity contribution < 1.29 is 14.6 Å². The zero-order valence-corrected chi connectivity index (χ0v) is 11.2.